The van der Waals surface area contributed by atoms with Crippen molar-refractivity contribution in [3.63, 3.8) is 0 Å². The van der Waals surface area contributed by atoms with Crippen LogP contribution >= 0.6 is 27.3 Å². The highest BCUT2D eigenvalue weighted by atomic mass is 79.9. The molecular weight excluding hydrogens is 317 g/mol. The maximum atomic E-state index is 13.3. The molecule has 0 saturated carbocycles. The van der Waals surface area contributed by atoms with Crippen LogP contribution in [-0.4, -0.2) is 0 Å². The molecule has 96 valence electrons. The Kier molecular flexibility index (Phi) is 4.34. The van der Waals surface area contributed by atoms with E-state index < -0.39 is 0 Å². The van der Waals surface area contributed by atoms with E-state index >= 15 is 0 Å². The molecule has 0 saturated heterocycles. The number of hydrogen-bond donors (Lipinski definition) is 3. The van der Waals surface area contributed by atoms with Crippen molar-refractivity contribution in [1.82, 2.24) is 5.43 Å². The highest BCUT2D eigenvalue weighted by Gasteiger charge is 2.15. The van der Waals surface area contributed by atoms with Gasteiger partial charge in [-0.05, 0) is 45.8 Å². The minimum Gasteiger partial charge on any atom is -0.398 e. The number of nitrogen functional groups attached to an aromatic ring is 1. The zero-order valence-electron chi connectivity index (χ0n) is 9.49. The van der Waals surface area contributed by atoms with Crippen molar-refractivity contribution >= 4 is 33.0 Å². The average Bonchev–Trinajstić information content (AvgIpc) is 2.75. The molecule has 1 heterocycles. The first-order chi connectivity index (χ1) is 8.60. The van der Waals surface area contributed by atoms with Gasteiger partial charge in [-0.25, -0.2) is 4.39 Å². The normalized spacial score (nSPS) is 12.6. The van der Waals surface area contributed by atoms with Crippen molar-refractivity contribution < 1.29 is 4.39 Å². The molecule has 0 radical (unpaired) electrons. The molecule has 5 N–H and O–H groups in total. The molecule has 1 aromatic heterocycles. The SMILES string of the molecule is NNC(Cc1cc(Br)cs1)c1cc(F)ccc1N. The van der Waals surface area contributed by atoms with Gasteiger partial charge in [0.05, 0.1) is 6.04 Å². The fourth-order valence-electron chi connectivity index (χ4n) is 1.77. The van der Waals surface area contributed by atoms with Crippen molar-refractivity contribution in [2.24, 2.45) is 5.84 Å². The number of halogens is 2. The topological polar surface area (TPSA) is 64.1 Å². The van der Waals surface area contributed by atoms with Crippen LogP contribution in [0, 0.1) is 5.82 Å². The summed E-state index contributed by atoms with van der Waals surface area (Å²) in [5, 5.41) is 2.00. The van der Waals surface area contributed by atoms with Crippen molar-refractivity contribution in [2.45, 2.75) is 12.5 Å². The first-order valence-corrected chi connectivity index (χ1v) is 7.01. The summed E-state index contributed by atoms with van der Waals surface area (Å²) in [5.41, 5.74) is 9.76. The predicted molar refractivity (Wildman–Crippen MR) is 76.6 cm³/mol. The largest absolute Gasteiger partial charge is 0.398 e. The molecule has 0 spiro atoms. The summed E-state index contributed by atoms with van der Waals surface area (Å²) in [6.45, 7) is 0. The molecule has 0 aliphatic carbocycles. The molecule has 2 aromatic rings. The smallest absolute Gasteiger partial charge is 0.123 e. The van der Waals surface area contributed by atoms with Gasteiger partial charge in [-0.15, -0.1) is 11.3 Å². The molecule has 6 heteroatoms. The fraction of sp³-hybridized carbons (Fsp3) is 0.167. The van der Waals surface area contributed by atoms with E-state index in [0.29, 0.717) is 17.7 Å². The van der Waals surface area contributed by atoms with Crippen LogP contribution in [0.5, 0.6) is 0 Å². The summed E-state index contributed by atoms with van der Waals surface area (Å²) < 4.78 is 14.3. The standard InChI is InChI=1S/C12H13BrFN3S/c13-7-3-9(18-6-7)5-12(17-16)10-4-8(14)1-2-11(10)15/h1-4,6,12,17H,5,15-16H2. The van der Waals surface area contributed by atoms with E-state index in [0.717, 1.165) is 9.35 Å². The van der Waals surface area contributed by atoms with Crippen LogP contribution in [0.1, 0.15) is 16.5 Å². The van der Waals surface area contributed by atoms with Gasteiger partial charge in [-0.3, -0.25) is 11.3 Å². The van der Waals surface area contributed by atoms with E-state index in [4.69, 9.17) is 11.6 Å². The molecule has 0 aliphatic rings. The zero-order chi connectivity index (χ0) is 13.1. The third kappa shape index (κ3) is 3.08. The third-order valence-corrected chi connectivity index (χ3v) is 4.37. The molecule has 2 rings (SSSR count). The highest BCUT2D eigenvalue weighted by Crippen LogP contribution is 2.28. The van der Waals surface area contributed by atoms with E-state index in [-0.39, 0.29) is 11.9 Å². The number of hydrogen-bond acceptors (Lipinski definition) is 4. The third-order valence-electron chi connectivity index (χ3n) is 2.65. The van der Waals surface area contributed by atoms with Crippen LogP contribution in [0.4, 0.5) is 10.1 Å². The Labute approximate surface area is 117 Å². The Morgan fingerprint density at radius 2 is 2.17 bits per heavy atom. The molecule has 3 nitrogen and oxygen atoms in total. The van der Waals surface area contributed by atoms with Crippen LogP contribution in [0.3, 0.4) is 0 Å². The van der Waals surface area contributed by atoms with E-state index in [2.05, 4.69) is 21.4 Å². The molecular formula is C12H13BrFN3S. The van der Waals surface area contributed by atoms with E-state index in [9.17, 15) is 4.39 Å². The Hall–Kier alpha value is -0.950. The second kappa shape index (κ2) is 5.79. The summed E-state index contributed by atoms with van der Waals surface area (Å²) in [6.07, 6.45) is 0.667. The predicted octanol–water partition coefficient (Wildman–Crippen LogP) is 2.98. The number of nitrogens with two attached hydrogens (primary N) is 2. The van der Waals surface area contributed by atoms with Gasteiger partial charge in [0.1, 0.15) is 5.82 Å². The Morgan fingerprint density at radius 1 is 1.39 bits per heavy atom. The summed E-state index contributed by atoms with van der Waals surface area (Å²) >= 11 is 5.02. The number of benzene rings is 1. The number of nitrogens with one attached hydrogen (secondary N) is 1. The Balaban J connectivity index is 2.25. The monoisotopic (exact) mass is 329 g/mol. The molecule has 0 fully saturated rings. The number of thiophene rings is 1. The van der Waals surface area contributed by atoms with Gasteiger partial charge in [0, 0.05) is 26.8 Å². The molecule has 0 aliphatic heterocycles. The van der Waals surface area contributed by atoms with Crippen LogP contribution in [0.2, 0.25) is 0 Å². The Bertz CT molecular complexity index is 544. The lowest BCUT2D eigenvalue weighted by molar-refractivity contribution is 0.549. The summed E-state index contributed by atoms with van der Waals surface area (Å²) in [6, 6.07) is 6.13. The quantitative estimate of drug-likeness (QED) is 0.459. The highest BCUT2D eigenvalue weighted by molar-refractivity contribution is 9.10. The lowest BCUT2D eigenvalue weighted by atomic mass is 10.0. The van der Waals surface area contributed by atoms with Crippen molar-refractivity contribution in [2.75, 3.05) is 5.73 Å². The average molecular weight is 330 g/mol. The van der Waals surface area contributed by atoms with Crippen molar-refractivity contribution in [3.8, 4) is 0 Å². The molecule has 18 heavy (non-hydrogen) atoms. The number of anilines is 1. The molecule has 0 amide bonds. The van der Waals surface area contributed by atoms with Crippen molar-refractivity contribution in [3.05, 3.63) is 50.4 Å². The second-order valence-electron chi connectivity index (χ2n) is 3.93. The second-order valence-corrected chi connectivity index (χ2v) is 5.84. The van der Waals surface area contributed by atoms with Gasteiger partial charge in [-0.2, -0.15) is 0 Å². The van der Waals surface area contributed by atoms with Crippen LogP contribution in [0.15, 0.2) is 34.1 Å². The maximum absolute atomic E-state index is 13.3. The van der Waals surface area contributed by atoms with Crippen LogP contribution in [0.25, 0.3) is 0 Å². The van der Waals surface area contributed by atoms with Gasteiger partial charge < -0.3 is 5.73 Å². The summed E-state index contributed by atoms with van der Waals surface area (Å²) in [4.78, 5) is 1.15. The van der Waals surface area contributed by atoms with Gasteiger partial charge in [0.25, 0.3) is 0 Å². The first kappa shape index (κ1) is 13.5. The van der Waals surface area contributed by atoms with E-state index in [1.165, 1.54) is 12.1 Å². The fourth-order valence-corrected chi connectivity index (χ4v) is 3.27. The van der Waals surface area contributed by atoms with Gasteiger partial charge in [-0.1, -0.05) is 0 Å². The van der Waals surface area contributed by atoms with Gasteiger partial charge in [0.2, 0.25) is 0 Å². The van der Waals surface area contributed by atoms with Crippen LogP contribution < -0.4 is 17.0 Å². The number of hydrazine groups is 1. The van der Waals surface area contributed by atoms with Gasteiger partial charge >= 0.3 is 0 Å². The summed E-state index contributed by atoms with van der Waals surface area (Å²) in [5.74, 6) is 5.23. The van der Waals surface area contributed by atoms with Gasteiger partial charge in [0.15, 0.2) is 0 Å². The van der Waals surface area contributed by atoms with Crippen molar-refractivity contribution in [1.29, 1.82) is 0 Å². The number of rotatable bonds is 4. The minimum atomic E-state index is -0.313. The molecule has 1 aromatic carbocycles. The minimum absolute atomic E-state index is 0.203. The van der Waals surface area contributed by atoms with Crippen LogP contribution in [-0.2, 0) is 6.42 Å². The lowest BCUT2D eigenvalue weighted by Gasteiger charge is -2.17. The zero-order valence-corrected chi connectivity index (χ0v) is 11.9. The van der Waals surface area contributed by atoms with E-state index in [1.54, 1.807) is 17.4 Å². The molecule has 1 unspecified atom stereocenters. The molecule has 0 bridgehead atoms. The molecule has 1 atom stereocenters. The van der Waals surface area contributed by atoms with E-state index in [1.807, 2.05) is 11.4 Å². The lowest BCUT2D eigenvalue weighted by Crippen LogP contribution is -2.30. The maximum Gasteiger partial charge on any atom is 0.123 e. The summed E-state index contributed by atoms with van der Waals surface area (Å²) in [7, 11) is 0. The first-order valence-electron chi connectivity index (χ1n) is 5.34. The Morgan fingerprint density at radius 3 is 2.78 bits per heavy atom.